The third kappa shape index (κ3) is 4.49. The first-order valence-corrected chi connectivity index (χ1v) is 10.7. The van der Waals surface area contributed by atoms with Gasteiger partial charge >= 0.3 is 0 Å². The average Bonchev–Trinajstić information content (AvgIpc) is 3.08. The molecule has 2 heterocycles. The van der Waals surface area contributed by atoms with Crippen molar-refractivity contribution < 1.29 is 9.47 Å². The maximum absolute atomic E-state index is 12.9. The van der Waals surface area contributed by atoms with Gasteiger partial charge in [-0.05, 0) is 36.3 Å². The van der Waals surface area contributed by atoms with Crippen molar-refractivity contribution in [2.24, 2.45) is 0 Å². The molecule has 0 aliphatic rings. The van der Waals surface area contributed by atoms with Crippen LogP contribution in [0.2, 0.25) is 0 Å². The van der Waals surface area contributed by atoms with E-state index in [0.717, 1.165) is 34.6 Å². The molecule has 0 saturated carbocycles. The summed E-state index contributed by atoms with van der Waals surface area (Å²) in [7, 11) is 1.59. The van der Waals surface area contributed by atoms with Gasteiger partial charge in [0.2, 0.25) is 4.96 Å². The maximum Gasteiger partial charge on any atom is 0.296 e. The van der Waals surface area contributed by atoms with E-state index in [4.69, 9.17) is 9.47 Å². The first-order chi connectivity index (χ1) is 15.1. The third-order valence-electron chi connectivity index (χ3n) is 4.65. The van der Waals surface area contributed by atoms with Crippen molar-refractivity contribution in [2.45, 2.75) is 19.8 Å². The van der Waals surface area contributed by atoms with E-state index in [1.807, 2.05) is 55.5 Å². The molecule has 4 rings (SSSR count). The van der Waals surface area contributed by atoms with Gasteiger partial charge in [-0.3, -0.25) is 9.59 Å². The topological polar surface area (TPSA) is 82.8 Å². The lowest BCUT2D eigenvalue weighted by molar-refractivity contribution is 0.317. The summed E-state index contributed by atoms with van der Waals surface area (Å²) in [6, 6.07) is 14.9. The zero-order chi connectivity index (χ0) is 21.8. The predicted octanol–water partition coefficient (Wildman–Crippen LogP) is 2.45. The highest BCUT2D eigenvalue weighted by molar-refractivity contribution is 7.15. The van der Waals surface area contributed by atoms with Gasteiger partial charge in [0.05, 0.1) is 18.2 Å². The summed E-state index contributed by atoms with van der Waals surface area (Å²) in [5.41, 5.74) is 1.14. The standard InChI is InChI=1S/C23H21N3O4S/c1-3-12-30-19-7-5-4-6-16(19)14-20-22(28)26-23(31-20)24-21(27)18(25-26)13-15-8-10-17(29-2)11-9-15/h4-11,14H,3,12-13H2,1-2H3. The molecular formula is C23H21N3O4S. The van der Waals surface area contributed by atoms with E-state index in [1.165, 1.54) is 4.52 Å². The Morgan fingerprint density at radius 3 is 2.61 bits per heavy atom. The molecule has 2 aromatic heterocycles. The molecule has 0 spiro atoms. The molecule has 2 aromatic carbocycles. The van der Waals surface area contributed by atoms with E-state index in [9.17, 15) is 9.59 Å². The molecule has 0 fully saturated rings. The summed E-state index contributed by atoms with van der Waals surface area (Å²) in [6.45, 7) is 2.62. The third-order valence-corrected chi connectivity index (χ3v) is 5.61. The number of hydrogen-bond acceptors (Lipinski definition) is 7. The van der Waals surface area contributed by atoms with Gasteiger partial charge in [-0.15, -0.1) is 0 Å². The average molecular weight is 436 g/mol. The molecule has 0 bridgehead atoms. The molecule has 0 aliphatic heterocycles. The molecule has 0 N–H and O–H groups in total. The summed E-state index contributed by atoms with van der Waals surface area (Å²) in [4.78, 5) is 29.8. The van der Waals surface area contributed by atoms with Crippen molar-refractivity contribution in [3.05, 3.63) is 90.6 Å². The Morgan fingerprint density at radius 2 is 1.87 bits per heavy atom. The fourth-order valence-electron chi connectivity index (χ4n) is 3.07. The lowest BCUT2D eigenvalue weighted by Crippen LogP contribution is -2.28. The SMILES string of the molecule is CCCOc1ccccc1C=c1sc2nc(=O)c(Cc3ccc(OC)cc3)nn2c1=O. The summed E-state index contributed by atoms with van der Waals surface area (Å²) in [6.07, 6.45) is 2.92. The van der Waals surface area contributed by atoms with E-state index in [0.29, 0.717) is 16.9 Å². The quantitative estimate of drug-likeness (QED) is 0.444. The molecule has 0 unspecified atom stereocenters. The Balaban J connectivity index is 1.74. The molecule has 158 valence electrons. The predicted molar refractivity (Wildman–Crippen MR) is 120 cm³/mol. The van der Waals surface area contributed by atoms with Crippen LogP contribution in [0.3, 0.4) is 0 Å². The molecule has 0 atom stereocenters. The van der Waals surface area contributed by atoms with Crippen molar-refractivity contribution in [1.29, 1.82) is 0 Å². The smallest absolute Gasteiger partial charge is 0.296 e. The van der Waals surface area contributed by atoms with E-state index in [1.54, 1.807) is 13.2 Å². The minimum atomic E-state index is -0.435. The molecule has 4 aromatic rings. The van der Waals surface area contributed by atoms with E-state index in [-0.39, 0.29) is 22.6 Å². The van der Waals surface area contributed by atoms with Crippen LogP contribution in [0.4, 0.5) is 0 Å². The zero-order valence-electron chi connectivity index (χ0n) is 17.2. The number of para-hydroxylation sites is 1. The van der Waals surface area contributed by atoms with Crippen LogP contribution >= 0.6 is 11.3 Å². The van der Waals surface area contributed by atoms with Crippen LogP contribution in [0.15, 0.2) is 58.1 Å². The van der Waals surface area contributed by atoms with Crippen molar-refractivity contribution in [2.75, 3.05) is 13.7 Å². The molecule has 31 heavy (non-hydrogen) atoms. The molecule has 0 radical (unpaired) electrons. The van der Waals surface area contributed by atoms with Crippen LogP contribution in [0.5, 0.6) is 11.5 Å². The highest BCUT2D eigenvalue weighted by Crippen LogP contribution is 2.19. The number of aromatic nitrogens is 3. The summed E-state index contributed by atoms with van der Waals surface area (Å²) >= 11 is 1.13. The minimum absolute atomic E-state index is 0.218. The fraction of sp³-hybridized carbons (Fsp3) is 0.217. The highest BCUT2D eigenvalue weighted by Gasteiger charge is 2.12. The van der Waals surface area contributed by atoms with Gasteiger partial charge in [0.25, 0.3) is 11.1 Å². The van der Waals surface area contributed by atoms with Crippen molar-refractivity contribution in [3.8, 4) is 11.5 Å². The van der Waals surface area contributed by atoms with Gasteiger partial charge in [0.15, 0.2) is 0 Å². The van der Waals surface area contributed by atoms with Crippen molar-refractivity contribution in [3.63, 3.8) is 0 Å². The first-order valence-electron chi connectivity index (χ1n) is 9.88. The Labute approximate surface area is 182 Å². The number of methoxy groups -OCH3 is 1. The number of fused-ring (bicyclic) bond motifs is 1. The molecule has 0 saturated heterocycles. The van der Waals surface area contributed by atoms with Crippen molar-refractivity contribution >= 4 is 22.4 Å². The molecule has 7 nitrogen and oxygen atoms in total. The molecule has 0 amide bonds. The van der Waals surface area contributed by atoms with Gasteiger partial charge in [0, 0.05) is 12.0 Å². The number of thiazole rings is 1. The second-order valence-electron chi connectivity index (χ2n) is 6.88. The second-order valence-corrected chi connectivity index (χ2v) is 7.89. The fourth-order valence-corrected chi connectivity index (χ4v) is 3.97. The number of rotatable bonds is 7. The molecular weight excluding hydrogens is 414 g/mol. The van der Waals surface area contributed by atoms with E-state index >= 15 is 0 Å². The summed E-state index contributed by atoms with van der Waals surface area (Å²) in [5, 5.41) is 4.30. The Hall–Kier alpha value is -3.52. The van der Waals surface area contributed by atoms with Crippen LogP contribution in [-0.4, -0.2) is 28.3 Å². The Kier molecular flexibility index (Phi) is 6.08. The van der Waals surface area contributed by atoms with Crippen LogP contribution in [0.1, 0.15) is 30.2 Å². The van der Waals surface area contributed by atoms with Crippen LogP contribution < -0.4 is 25.1 Å². The number of hydrogen-bond donors (Lipinski definition) is 0. The monoisotopic (exact) mass is 435 g/mol. The largest absolute Gasteiger partial charge is 0.497 e. The van der Waals surface area contributed by atoms with Gasteiger partial charge in [-0.2, -0.15) is 14.6 Å². The minimum Gasteiger partial charge on any atom is -0.497 e. The van der Waals surface area contributed by atoms with E-state index in [2.05, 4.69) is 10.1 Å². The number of benzene rings is 2. The summed E-state index contributed by atoms with van der Waals surface area (Å²) in [5.74, 6) is 1.43. The van der Waals surface area contributed by atoms with E-state index < -0.39 is 5.56 Å². The van der Waals surface area contributed by atoms with Crippen LogP contribution in [0, 0.1) is 0 Å². The highest BCUT2D eigenvalue weighted by atomic mass is 32.1. The Bertz CT molecular complexity index is 1380. The molecule has 0 aliphatic carbocycles. The van der Waals surface area contributed by atoms with Gasteiger partial charge in [-0.25, -0.2) is 0 Å². The van der Waals surface area contributed by atoms with Gasteiger partial charge in [-0.1, -0.05) is 48.6 Å². The first kappa shape index (κ1) is 20.7. The second kappa shape index (κ2) is 9.09. The van der Waals surface area contributed by atoms with Crippen LogP contribution in [0.25, 0.3) is 11.0 Å². The van der Waals surface area contributed by atoms with Crippen LogP contribution in [-0.2, 0) is 6.42 Å². The maximum atomic E-state index is 12.9. The molecule has 8 heteroatoms. The zero-order valence-corrected chi connectivity index (χ0v) is 18.0. The Morgan fingerprint density at radius 1 is 1.10 bits per heavy atom. The number of ether oxygens (including phenoxy) is 2. The number of nitrogens with zero attached hydrogens (tertiary/aromatic N) is 3. The lowest BCUT2D eigenvalue weighted by Gasteiger charge is -2.07. The van der Waals surface area contributed by atoms with Gasteiger partial charge in [0.1, 0.15) is 17.2 Å². The summed E-state index contributed by atoms with van der Waals surface area (Å²) < 4.78 is 12.6. The van der Waals surface area contributed by atoms with Gasteiger partial charge < -0.3 is 9.47 Å². The lowest BCUT2D eigenvalue weighted by atomic mass is 10.1. The normalized spacial score (nSPS) is 11.7. The van der Waals surface area contributed by atoms with Crippen molar-refractivity contribution in [1.82, 2.24) is 14.6 Å².